The van der Waals surface area contributed by atoms with E-state index in [0.717, 1.165) is 31.6 Å². The zero-order valence-electron chi connectivity index (χ0n) is 13.7. The third-order valence-corrected chi connectivity index (χ3v) is 6.56. The first-order chi connectivity index (χ1) is 11.5. The van der Waals surface area contributed by atoms with Crippen molar-refractivity contribution in [1.29, 1.82) is 0 Å². The van der Waals surface area contributed by atoms with Crippen molar-refractivity contribution in [3.63, 3.8) is 0 Å². The van der Waals surface area contributed by atoms with Gasteiger partial charge in [0, 0.05) is 25.6 Å². The third-order valence-electron chi connectivity index (χ3n) is 4.37. The van der Waals surface area contributed by atoms with Crippen LogP contribution in [0.2, 0.25) is 0 Å². The average molecular weight is 367 g/mol. The monoisotopic (exact) mass is 366 g/mol. The number of nitrogens with one attached hydrogen (secondary N) is 1. The fraction of sp³-hybridized carbons (Fsp3) is 0.500. The molecule has 6 nitrogen and oxygen atoms in total. The maximum Gasteiger partial charge on any atom is 0.243 e. The van der Waals surface area contributed by atoms with E-state index in [2.05, 4.69) is 17.1 Å². The van der Waals surface area contributed by atoms with Gasteiger partial charge in [0.15, 0.2) is 4.77 Å². The van der Waals surface area contributed by atoms with Crippen molar-refractivity contribution in [1.82, 2.24) is 19.1 Å². The maximum atomic E-state index is 12.9. The van der Waals surface area contributed by atoms with E-state index in [1.165, 1.54) is 0 Å². The topological polar surface area (TPSA) is 71.0 Å². The second kappa shape index (κ2) is 7.16. The van der Waals surface area contributed by atoms with Gasteiger partial charge in [0.05, 0.1) is 4.90 Å². The van der Waals surface area contributed by atoms with Crippen molar-refractivity contribution in [3.8, 4) is 0 Å². The van der Waals surface area contributed by atoms with Crippen LogP contribution in [0.4, 0.5) is 0 Å². The fourth-order valence-corrected chi connectivity index (χ4v) is 4.97. The number of hydrogen-bond acceptors (Lipinski definition) is 4. The van der Waals surface area contributed by atoms with Crippen LogP contribution in [-0.4, -0.2) is 40.6 Å². The zero-order chi connectivity index (χ0) is 17.2. The first-order valence-electron chi connectivity index (χ1n) is 8.24. The van der Waals surface area contributed by atoms with Gasteiger partial charge >= 0.3 is 0 Å². The van der Waals surface area contributed by atoms with Gasteiger partial charge in [-0.05, 0) is 43.6 Å². The molecule has 3 rings (SSSR count). The lowest BCUT2D eigenvalue weighted by Crippen LogP contribution is -2.39. The molecule has 0 saturated carbocycles. The molecule has 0 amide bonds. The Balaban J connectivity index is 1.86. The van der Waals surface area contributed by atoms with Gasteiger partial charge in [-0.2, -0.15) is 9.40 Å². The minimum absolute atomic E-state index is 0.0664. The van der Waals surface area contributed by atoms with E-state index in [9.17, 15) is 8.42 Å². The Morgan fingerprint density at radius 3 is 2.79 bits per heavy atom. The first kappa shape index (κ1) is 17.3. The number of sulfonamides is 1. The van der Waals surface area contributed by atoms with Crippen molar-refractivity contribution in [2.24, 2.45) is 0 Å². The zero-order valence-corrected chi connectivity index (χ0v) is 15.3. The van der Waals surface area contributed by atoms with E-state index >= 15 is 0 Å². The predicted octanol–water partition coefficient (Wildman–Crippen LogP) is 2.92. The molecule has 1 fully saturated rings. The average Bonchev–Trinajstić information content (AvgIpc) is 2.97. The van der Waals surface area contributed by atoms with Gasteiger partial charge in [0.2, 0.25) is 10.0 Å². The number of aromatic amines is 1. The van der Waals surface area contributed by atoms with Crippen LogP contribution in [0, 0.1) is 4.77 Å². The summed E-state index contributed by atoms with van der Waals surface area (Å²) >= 11 is 5.30. The summed E-state index contributed by atoms with van der Waals surface area (Å²) in [6.07, 6.45) is 2.70. The molecule has 8 heteroatoms. The molecular formula is C16H22N4O2S2. The van der Waals surface area contributed by atoms with Crippen molar-refractivity contribution < 1.29 is 8.42 Å². The lowest BCUT2D eigenvalue weighted by molar-refractivity contribution is 0.304. The van der Waals surface area contributed by atoms with Gasteiger partial charge in [-0.15, -0.1) is 0 Å². The Kier molecular flexibility index (Phi) is 5.17. The van der Waals surface area contributed by atoms with Crippen LogP contribution in [0.15, 0.2) is 35.2 Å². The van der Waals surface area contributed by atoms with E-state index in [-0.39, 0.29) is 5.92 Å². The molecule has 130 valence electrons. The van der Waals surface area contributed by atoms with Crippen LogP contribution in [0.3, 0.4) is 0 Å². The minimum Gasteiger partial charge on any atom is -0.304 e. The van der Waals surface area contributed by atoms with Crippen LogP contribution < -0.4 is 0 Å². The van der Waals surface area contributed by atoms with Crippen molar-refractivity contribution in [2.45, 2.75) is 43.5 Å². The van der Waals surface area contributed by atoms with Crippen molar-refractivity contribution in [2.75, 3.05) is 13.1 Å². The lowest BCUT2D eigenvalue weighted by atomic mass is 9.99. The first-order valence-corrected chi connectivity index (χ1v) is 10.1. The smallest absolute Gasteiger partial charge is 0.243 e. The van der Waals surface area contributed by atoms with Crippen LogP contribution in [0.5, 0.6) is 0 Å². The predicted molar refractivity (Wildman–Crippen MR) is 94.9 cm³/mol. The molecular weight excluding hydrogens is 344 g/mol. The molecule has 1 aliphatic rings. The second-order valence-electron chi connectivity index (χ2n) is 6.05. The van der Waals surface area contributed by atoms with E-state index in [0.29, 0.717) is 22.8 Å². The molecule has 1 N–H and O–H groups in total. The quantitative estimate of drug-likeness (QED) is 0.826. The molecule has 2 aromatic rings. The number of rotatable bonds is 5. The summed E-state index contributed by atoms with van der Waals surface area (Å²) in [5.74, 6) is 0.937. The van der Waals surface area contributed by atoms with Crippen LogP contribution in [-0.2, 0) is 16.6 Å². The molecule has 1 aromatic heterocycles. The standard InChI is InChI=1S/C16H22N4O2S2/c1-2-10-20-15(17-18-16(20)23)13-7-6-11-19(12-13)24(21,22)14-8-4-3-5-9-14/h3-5,8-9,13H,2,6-7,10-12H2,1H3,(H,18,23). The molecule has 1 aliphatic heterocycles. The molecule has 1 aromatic carbocycles. The van der Waals surface area contributed by atoms with Gasteiger partial charge in [-0.25, -0.2) is 8.42 Å². The Bertz CT molecular complexity index is 842. The van der Waals surface area contributed by atoms with Crippen LogP contribution in [0.1, 0.15) is 37.9 Å². The van der Waals surface area contributed by atoms with Gasteiger partial charge in [-0.1, -0.05) is 25.1 Å². The SMILES string of the molecule is CCCn1c(C2CCCN(S(=O)(=O)c3ccccc3)C2)n[nH]c1=S. The van der Waals surface area contributed by atoms with Crippen LogP contribution in [0.25, 0.3) is 0 Å². The number of piperidine rings is 1. The Morgan fingerprint density at radius 1 is 1.33 bits per heavy atom. The Labute approximate surface area is 147 Å². The minimum atomic E-state index is -3.46. The Hall–Kier alpha value is -1.51. The molecule has 0 spiro atoms. The second-order valence-corrected chi connectivity index (χ2v) is 8.38. The fourth-order valence-electron chi connectivity index (χ4n) is 3.19. The normalized spacial score (nSPS) is 19.5. The van der Waals surface area contributed by atoms with E-state index in [4.69, 9.17) is 12.2 Å². The van der Waals surface area contributed by atoms with Crippen molar-refractivity contribution >= 4 is 22.2 Å². The number of benzene rings is 1. The van der Waals surface area contributed by atoms with Gasteiger partial charge in [-0.3, -0.25) is 5.10 Å². The van der Waals surface area contributed by atoms with E-state index in [1.807, 2.05) is 10.6 Å². The molecule has 1 saturated heterocycles. The summed E-state index contributed by atoms with van der Waals surface area (Å²) in [4.78, 5) is 0.345. The van der Waals surface area contributed by atoms with E-state index in [1.54, 1.807) is 28.6 Å². The highest BCUT2D eigenvalue weighted by atomic mass is 32.2. The van der Waals surface area contributed by atoms with Gasteiger partial charge < -0.3 is 4.57 Å². The summed E-state index contributed by atoms with van der Waals surface area (Å²) in [6.45, 7) is 3.88. The number of nitrogens with zero attached hydrogens (tertiary/aromatic N) is 3. The molecule has 1 unspecified atom stereocenters. The highest BCUT2D eigenvalue weighted by molar-refractivity contribution is 7.89. The molecule has 1 atom stereocenters. The van der Waals surface area contributed by atoms with Gasteiger partial charge in [0.25, 0.3) is 0 Å². The molecule has 2 heterocycles. The molecule has 0 aliphatic carbocycles. The Morgan fingerprint density at radius 2 is 2.08 bits per heavy atom. The van der Waals surface area contributed by atoms with Gasteiger partial charge in [0.1, 0.15) is 5.82 Å². The summed E-state index contributed by atoms with van der Waals surface area (Å²) in [5.41, 5.74) is 0. The molecule has 0 radical (unpaired) electrons. The number of hydrogen-bond donors (Lipinski definition) is 1. The molecule has 24 heavy (non-hydrogen) atoms. The lowest BCUT2D eigenvalue weighted by Gasteiger charge is -2.31. The number of aromatic nitrogens is 3. The van der Waals surface area contributed by atoms with Crippen LogP contribution >= 0.6 is 12.2 Å². The highest BCUT2D eigenvalue weighted by Crippen LogP contribution is 2.29. The largest absolute Gasteiger partial charge is 0.304 e. The summed E-state index contributed by atoms with van der Waals surface area (Å²) in [5, 5.41) is 7.22. The summed E-state index contributed by atoms with van der Waals surface area (Å²) in [6, 6.07) is 8.61. The third kappa shape index (κ3) is 3.31. The number of H-pyrrole nitrogens is 1. The van der Waals surface area contributed by atoms with E-state index < -0.39 is 10.0 Å². The van der Waals surface area contributed by atoms with Crippen molar-refractivity contribution in [3.05, 3.63) is 40.9 Å². The summed E-state index contributed by atoms with van der Waals surface area (Å²) in [7, 11) is -3.46. The maximum absolute atomic E-state index is 12.9. The highest BCUT2D eigenvalue weighted by Gasteiger charge is 2.32. The molecule has 0 bridgehead atoms. The summed E-state index contributed by atoms with van der Waals surface area (Å²) < 4.78 is 29.9.